The van der Waals surface area contributed by atoms with Gasteiger partial charge in [-0.15, -0.1) is 11.3 Å². The number of amides is 2. The van der Waals surface area contributed by atoms with Gasteiger partial charge in [0.1, 0.15) is 11.0 Å². The minimum absolute atomic E-state index is 0.220. The van der Waals surface area contributed by atoms with Gasteiger partial charge in [0, 0.05) is 28.4 Å². The van der Waals surface area contributed by atoms with E-state index in [1.165, 1.54) is 0 Å². The van der Waals surface area contributed by atoms with Crippen LogP contribution < -0.4 is 10.6 Å². The van der Waals surface area contributed by atoms with Crippen molar-refractivity contribution in [2.24, 2.45) is 5.92 Å². The second-order valence-corrected chi connectivity index (χ2v) is 8.27. The third-order valence-corrected chi connectivity index (χ3v) is 5.37. The first-order chi connectivity index (χ1) is 13.9. The number of aryl methyl sites for hydroxylation is 1. The van der Waals surface area contributed by atoms with Crippen molar-refractivity contribution < 1.29 is 9.59 Å². The average molecular weight is 408 g/mol. The van der Waals surface area contributed by atoms with Gasteiger partial charge in [0.25, 0.3) is 5.91 Å². The summed E-state index contributed by atoms with van der Waals surface area (Å²) in [6.07, 6.45) is 2.32. The molecule has 0 bridgehead atoms. The van der Waals surface area contributed by atoms with Crippen molar-refractivity contribution in [3.8, 4) is 10.6 Å². The topological polar surface area (TPSA) is 71.1 Å². The lowest BCUT2D eigenvalue weighted by atomic mass is 10.0. The van der Waals surface area contributed by atoms with E-state index in [0.29, 0.717) is 17.7 Å². The highest BCUT2D eigenvalue weighted by atomic mass is 32.1. The fourth-order valence-electron chi connectivity index (χ4n) is 3.06. The molecule has 6 heteroatoms. The number of anilines is 1. The summed E-state index contributed by atoms with van der Waals surface area (Å²) in [6, 6.07) is 14.3. The molecule has 0 fully saturated rings. The number of carbonyl (C=O) groups excluding carboxylic acids is 2. The van der Waals surface area contributed by atoms with Crippen LogP contribution in [0.5, 0.6) is 0 Å². The van der Waals surface area contributed by atoms with Crippen molar-refractivity contribution in [2.45, 2.75) is 33.2 Å². The number of nitrogens with one attached hydrogen (secondary N) is 2. The molecule has 1 heterocycles. The second-order valence-electron chi connectivity index (χ2n) is 7.37. The number of rotatable bonds is 7. The number of hydrogen-bond acceptors (Lipinski definition) is 4. The van der Waals surface area contributed by atoms with Gasteiger partial charge in [-0.25, -0.2) is 4.98 Å². The zero-order valence-corrected chi connectivity index (χ0v) is 17.6. The minimum Gasteiger partial charge on any atom is -0.340 e. The van der Waals surface area contributed by atoms with Crippen molar-refractivity contribution in [2.75, 3.05) is 5.32 Å². The SMILES string of the molecule is Cc1ccccc1C(=O)NC(CC(C)C)C(=O)Nc1ccc(-c2nccs2)cc1. The molecule has 2 N–H and O–H groups in total. The first-order valence-electron chi connectivity index (χ1n) is 9.61. The molecule has 0 aliphatic heterocycles. The summed E-state index contributed by atoms with van der Waals surface area (Å²) in [5.41, 5.74) is 3.16. The van der Waals surface area contributed by atoms with Gasteiger partial charge < -0.3 is 10.6 Å². The van der Waals surface area contributed by atoms with Crippen LogP contribution in [0.1, 0.15) is 36.2 Å². The molecule has 2 amide bonds. The summed E-state index contributed by atoms with van der Waals surface area (Å²) in [5.74, 6) is -0.194. The molecule has 2 aromatic carbocycles. The molecule has 1 aromatic heterocycles. The molecule has 0 aliphatic carbocycles. The molecule has 0 aliphatic rings. The minimum atomic E-state index is -0.610. The van der Waals surface area contributed by atoms with Crippen LogP contribution in [-0.4, -0.2) is 22.8 Å². The van der Waals surface area contributed by atoms with Crippen molar-refractivity contribution in [3.05, 3.63) is 71.2 Å². The number of thiazole rings is 1. The van der Waals surface area contributed by atoms with E-state index in [-0.39, 0.29) is 17.7 Å². The van der Waals surface area contributed by atoms with Crippen LogP contribution in [0.4, 0.5) is 5.69 Å². The first-order valence-corrected chi connectivity index (χ1v) is 10.5. The smallest absolute Gasteiger partial charge is 0.252 e. The van der Waals surface area contributed by atoms with E-state index < -0.39 is 6.04 Å². The number of nitrogens with zero attached hydrogens (tertiary/aromatic N) is 1. The van der Waals surface area contributed by atoms with Crippen LogP contribution in [0.2, 0.25) is 0 Å². The molecule has 1 unspecified atom stereocenters. The van der Waals surface area contributed by atoms with Crippen LogP contribution >= 0.6 is 11.3 Å². The van der Waals surface area contributed by atoms with Crippen molar-refractivity contribution in [1.29, 1.82) is 0 Å². The van der Waals surface area contributed by atoms with Crippen LogP contribution in [0, 0.1) is 12.8 Å². The lowest BCUT2D eigenvalue weighted by Gasteiger charge is -2.21. The lowest BCUT2D eigenvalue weighted by molar-refractivity contribution is -0.118. The molecule has 0 spiro atoms. The van der Waals surface area contributed by atoms with Crippen LogP contribution in [-0.2, 0) is 4.79 Å². The molecular weight excluding hydrogens is 382 g/mol. The largest absolute Gasteiger partial charge is 0.340 e. The number of aromatic nitrogens is 1. The van der Waals surface area contributed by atoms with E-state index in [0.717, 1.165) is 16.1 Å². The van der Waals surface area contributed by atoms with Crippen LogP contribution in [0.3, 0.4) is 0 Å². The van der Waals surface area contributed by atoms with Crippen molar-refractivity contribution in [3.63, 3.8) is 0 Å². The summed E-state index contributed by atoms with van der Waals surface area (Å²) in [5, 5.41) is 8.69. The van der Waals surface area contributed by atoms with E-state index in [2.05, 4.69) is 15.6 Å². The summed E-state index contributed by atoms with van der Waals surface area (Å²) < 4.78 is 0. The standard InChI is InChI=1S/C23H25N3O2S/c1-15(2)14-20(26-21(27)19-7-5-4-6-16(19)3)22(28)25-18-10-8-17(9-11-18)23-24-12-13-29-23/h4-13,15,20H,14H2,1-3H3,(H,25,28)(H,26,27). The second kappa shape index (κ2) is 9.47. The Morgan fingerprint density at radius 3 is 2.41 bits per heavy atom. The summed E-state index contributed by atoms with van der Waals surface area (Å²) in [6.45, 7) is 5.95. The first kappa shape index (κ1) is 20.7. The molecule has 29 heavy (non-hydrogen) atoms. The Kier molecular flexibility index (Phi) is 6.77. The molecule has 0 saturated heterocycles. The molecule has 3 rings (SSSR count). The normalized spacial score (nSPS) is 11.9. The third-order valence-electron chi connectivity index (χ3n) is 4.55. The average Bonchev–Trinajstić information content (AvgIpc) is 3.22. The molecule has 0 saturated carbocycles. The summed E-state index contributed by atoms with van der Waals surface area (Å²) in [7, 11) is 0. The van der Waals surface area contributed by atoms with Gasteiger partial charge in [-0.1, -0.05) is 32.0 Å². The third kappa shape index (κ3) is 5.51. The fourth-order valence-corrected chi connectivity index (χ4v) is 3.70. The van der Waals surface area contributed by atoms with Gasteiger partial charge in [0.15, 0.2) is 0 Å². The van der Waals surface area contributed by atoms with E-state index in [9.17, 15) is 9.59 Å². The van der Waals surface area contributed by atoms with Crippen LogP contribution in [0.15, 0.2) is 60.1 Å². The number of hydrogen-bond donors (Lipinski definition) is 2. The van der Waals surface area contributed by atoms with E-state index in [1.807, 2.05) is 68.6 Å². The monoisotopic (exact) mass is 407 g/mol. The number of carbonyl (C=O) groups is 2. The van der Waals surface area contributed by atoms with Gasteiger partial charge in [0.05, 0.1) is 0 Å². The highest BCUT2D eigenvalue weighted by Crippen LogP contribution is 2.23. The Hall–Kier alpha value is -2.99. The predicted octanol–water partition coefficient (Wildman–Crippen LogP) is 4.90. The van der Waals surface area contributed by atoms with Crippen molar-refractivity contribution >= 4 is 28.8 Å². The van der Waals surface area contributed by atoms with Gasteiger partial charge in [0.2, 0.25) is 5.91 Å². The van der Waals surface area contributed by atoms with Gasteiger partial charge in [-0.05, 0) is 55.2 Å². The maximum atomic E-state index is 12.9. The van der Waals surface area contributed by atoms with Crippen LogP contribution in [0.25, 0.3) is 10.6 Å². The van der Waals surface area contributed by atoms with Gasteiger partial charge in [-0.3, -0.25) is 9.59 Å². The molecule has 1 atom stereocenters. The maximum Gasteiger partial charge on any atom is 0.252 e. The molecule has 5 nitrogen and oxygen atoms in total. The highest BCUT2D eigenvalue weighted by Gasteiger charge is 2.23. The van der Waals surface area contributed by atoms with E-state index >= 15 is 0 Å². The van der Waals surface area contributed by atoms with Gasteiger partial charge >= 0.3 is 0 Å². The highest BCUT2D eigenvalue weighted by molar-refractivity contribution is 7.13. The van der Waals surface area contributed by atoms with E-state index in [4.69, 9.17) is 0 Å². The molecule has 150 valence electrons. The zero-order valence-electron chi connectivity index (χ0n) is 16.8. The Balaban J connectivity index is 1.70. The van der Waals surface area contributed by atoms with Gasteiger partial charge in [-0.2, -0.15) is 0 Å². The molecular formula is C23H25N3O2S. The fraction of sp³-hybridized carbons (Fsp3) is 0.261. The lowest BCUT2D eigenvalue weighted by Crippen LogP contribution is -2.44. The Morgan fingerprint density at radius 1 is 1.07 bits per heavy atom. The van der Waals surface area contributed by atoms with Crippen molar-refractivity contribution in [1.82, 2.24) is 10.3 Å². The quantitative estimate of drug-likeness (QED) is 0.585. The Morgan fingerprint density at radius 2 is 1.79 bits per heavy atom. The Labute approximate surface area is 175 Å². The summed E-state index contributed by atoms with van der Waals surface area (Å²) >= 11 is 1.57. The summed E-state index contributed by atoms with van der Waals surface area (Å²) in [4.78, 5) is 29.9. The molecule has 3 aromatic rings. The zero-order chi connectivity index (χ0) is 20.8. The maximum absolute atomic E-state index is 12.9. The number of benzene rings is 2. The molecule has 0 radical (unpaired) electrons. The predicted molar refractivity (Wildman–Crippen MR) is 118 cm³/mol. The van der Waals surface area contributed by atoms with E-state index in [1.54, 1.807) is 23.6 Å². The Bertz CT molecular complexity index is 966.